The third-order valence-electron chi connectivity index (χ3n) is 3.92. The van der Waals surface area contributed by atoms with Gasteiger partial charge < -0.3 is 4.52 Å². The number of hydrogen-bond donors (Lipinski definition) is 0. The Kier molecular flexibility index (Phi) is 5.38. The zero-order valence-corrected chi connectivity index (χ0v) is 16.4. The van der Waals surface area contributed by atoms with Crippen LogP contribution in [0, 0.1) is 6.92 Å². The van der Waals surface area contributed by atoms with Gasteiger partial charge in [-0.05, 0) is 31.2 Å². The largest absolute Gasteiger partial charge is 0.356 e. The molecule has 5 nitrogen and oxygen atoms in total. The summed E-state index contributed by atoms with van der Waals surface area (Å²) in [4.78, 5) is 12.6. The molecule has 0 amide bonds. The Labute approximate surface area is 160 Å². The van der Waals surface area contributed by atoms with Crippen LogP contribution in [0.4, 0.5) is 0 Å². The zero-order valence-electron chi connectivity index (χ0n) is 14.0. The molecule has 2 aromatic carbocycles. The van der Waals surface area contributed by atoms with Crippen molar-refractivity contribution in [3.8, 4) is 11.3 Å². The van der Waals surface area contributed by atoms with E-state index in [9.17, 15) is 13.2 Å². The first-order valence-electron chi connectivity index (χ1n) is 7.87. The highest BCUT2D eigenvalue weighted by Gasteiger charge is 2.23. The molecule has 3 rings (SSSR count). The molecule has 0 saturated heterocycles. The number of aromatic nitrogens is 1. The van der Waals surface area contributed by atoms with Gasteiger partial charge in [-0.2, -0.15) is 0 Å². The van der Waals surface area contributed by atoms with Crippen LogP contribution < -0.4 is 0 Å². The molecular formula is C19H16BrNO4S. The van der Waals surface area contributed by atoms with Crippen molar-refractivity contribution in [1.29, 1.82) is 0 Å². The van der Waals surface area contributed by atoms with E-state index in [2.05, 4.69) is 21.1 Å². The van der Waals surface area contributed by atoms with E-state index < -0.39 is 21.4 Å². The Morgan fingerprint density at radius 3 is 2.38 bits per heavy atom. The van der Waals surface area contributed by atoms with Gasteiger partial charge in [0.1, 0.15) is 5.75 Å². The summed E-state index contributed by atoms with van der Waals surface area (Å²) in [6, 6.07) is 15.4. The lowest BCUT2D eigenvalue weighted by Gasteiger charge is -2.05. The van der Waals surface area contributed by atoms with Gasteiger partial charge in [-0.3, -0.25) is 4.79 Å². The minimum absolute atomic E-state index is 0.0488. The summed E-state index contributed by atoms with van der Waals surface area (Å²) in [5, 5.41) is 3.93. The molecule has 0 saturated carbocycles. The normalized spacial score (nSPS) is 11.5. The van der Waals surface area contributed by atoms with Crippen molar-refractivity contribution in [2.24, 2.45) is 0 Å². The lowest BCUT2D eigenvalue weighted by Crippen LogP contribution is -2.18. The summed E-state index contributed by atoms with van der Waals surface area (Å²) in [6.07, 6.45) is -0.0488. The average Bonchev–Trinajstić information content (AvgIpc) is 2.96. The van der Waals surface area contributed by atoms with Crippen LogP contribution in [0.15, 0.2) is 68.5 Å². The Morgan fingerprint density at radius 1 is 1.08 bits per heavy atom. The van der Waals surface area contributed by atoms with Crippen molar-refractivity contribution < 1.29 is 17.7 Å². The molecular weight excluding hydrogens is 418 g/mol. The van der Waals surface area contributed by atoms with Gasteiger partial charge in [0.25, 0.3) is 0 Å². The Bertz CT molecular complexity index is 1030. The fourth-order valence-corrected chi connectivity index (χ4v) is 4.13. The van der Waals surface area contributed by atoms with Crippen molar-refractivity contribution in [3.05, 3.63) is 70.3 Å². The fourth-order valence-electron chi connectivity index (χ4n) is 2.60. The third kappa shape index (κ3) is 4.11. The zero-order chi connectivity index (χ0) is 18.7. The van der Waals surface area contributed by atoms with Crippen LogP contribution in [0.2, 0.25) is 0 Å². The second-order valence-corrected chi connectivity index (χ2v) is 8.78. The highest BCUT2D eigenvalue weighted by atomic mass is 79.9. The van der Waals surface area contributed by atoms with Crippen molar-refractivity contribution in [2.45, 2.75) is 18.2 Å². The molecule has 26 heavy (non-hydrogen) atoms. The molecule has 0 aliphatic rings. The maximum Gasteiger partial charge on any atom is 0.185 e. The van der Waals surface area contributed by atoms with Gasteiger partial charge in [0.2, 0.25) is 0 Å². The third-order valence-corrected chi connectivity index (χ3v) is 6.14. The van der Waals surface area contributed by atoms with Gasteiger partial charge in [0.05, 0.1) is 10.6 Å². The maximum atomic E-state index is 12.4. The van der Waals surface area contributed by atoms with Crippen LogP contribution in [-0.4, -0.2) is 25.1 Å². The number of benzene rings is 2. The molecule has 1 aromatic heterocycles. The SMILES string of the molecule is Cc1noc(-c2ccc(Br)cc2)c1CC(=O)CS(=O)(=O)c1ccccc1. The number of sulfone groups is 1. The number of hydrogen-bond acceptors (Lipinski definition) is 5. The van der Waals surface area contributed by atoms with Crippen molar-refractivity contribution in [2.75, 3.05) is 5.75 Å². The molecule has 0 aliphatic carbocycles. The van der Waals surface area contributed by atoms with Crippen LogP contribution in [0.3, 0.4) is 0 Å². The van der Waals surface area contributed by atoms with Crippen LogP contribution in [-0.2, 0) is 21.1 Å². The molecule has 0 unspecified atom stereocenters. The quantitative estimate of drug-likeness (QED) is 0.586. The first kappa shape index (κ1) is 18.5. The molecule has 0 atom stereocenters. The number of rotatable bonds is 6. The summed E-state index contributed by atoms with van der Waals surface area (Å²) < 4.78 is 31.1. The molecule has 0 aliphatic heterocycles. The molecule has 0 N–H and O–H groups in total. The second-order valence-electron chi connectivity index (χ2n) is 5.87. The van der Waals surface area contributed by atoms with E-state index in [-0.39, 0.29) is 11.3 Å². The number of carbonyl (C=O) groups is 1. The lowest BCUT2D eigenvalue weighted by molar-refractivity contribution is -0.116. The summed E-state index contributed by atoms with van der Waals surface area (Å²) in [6.45, 7) is 1.74. The van der Waals surface area contributed by atoms with Gasteiger partial charge in [-0.25, -0.2) is 8.42 Å². The second kappa shape index (κ2) is 7.55. The predicted molar refractivity (Wildman–Crippen MR) is 102 cm³/mol. The van der Waals surface area contributed by atoms with Gasteiger partial charge in [0.15, 0.2) is 21.4 Å². The number of Topliss-reactive ketones (excluding diaryl/α,β-unsaturated/α-hetero) is 1. The van der Waals surface area contributed by atoms with E-state index in [0.717, 1.165) is 10.0 Å². The van der Waals surface area contributed by atoms with E-state index in [1.165, 1.54) is 12.1 Å². The first-order valence-corrected chi connectivity index (χ1v) is 10.3. The van der Waals surface area contributed by atoms with Crippen LogP contribution in [0.25, 0.3) is 11.3 Å². The topological polar surface area (TPSA) is 77.2 Å². The molecule has 0 bridgehead atoms. The van der Waals surface area contributed by atoms with E-state index in [4.69, 9.17) is 4.52 Å². The summed E-state index contributed by atoms with van der Waals surface area (Å²) in [5.74, 6) is -0.472. The minimum Gasteiger partial charge on any atom is -0.356 e. The fraction of sp³-hybridized carbons (Fsp3) is 0.158. The van der Waals surface area contributed by atoms with E-state index in [1.54, 1.807) is 25.1 Å². The molecule has 1 heterocycles. The maximum absolute atomic E-state index is 12.4. The molecule has 0 spiro atoms. The molecule has 134 valence electrons. The average molecular weight is 434 g/mol. The highest BCUT2D eigenvalue weighted by molar-refractivity contribution is 9.10. The van der Waals surface area contributed by atoms with E-state index in [1.807, 2.05) is 24.3 Å². The van der Waals surface area contributed by atoms with Gasteiger partial charge in [-0.1, -0.05) is 51.4 Å². The number of ketones is 1. The molecule has 0 radical (unpaired) electrons. The Hall–Kier alpha value is -2.25. The summed E-state index contributed by atoms with van der Waals surface area (Å²) in [5.41, 5.74) is 1.97. The molecule has 3 aromatic rings. The first-order chi connectivity index (χ1) is 12.4. The van der Waals surface area contributed by atoms with Crippen molar-refractivity contribution in [1.82, 2.24) is 5.16 Å². The van der Waals surface area contributed by atoms with Crippen LogP contribution in [0.1, 0.15) is 11.3 Å². The minimum atomic E-state index is -3.67. The summed E-state index contributed by atoms with van der Waals surface area (Å²) >= 11 is 3.37. The van der Waals surface area contributed by atoms with Crippen LogP contribution in [0.5, 0.6) is 0 Å². The number of aryl methyl sites for hydroxylation is 1. The van der Waals surface area contributed by atoms with E-state index >= 15 is 0 Å². The number of nitrogens with zero attached hydrogens (tertiary/aromatic N) is 1. The van der Waals surface area contributed by atoms with E-state index in [0.29, 0.717) is 17.0 Å². The molecule has 7 heteroatoms. The van der Waals surface area contributed by atoms with Gasteiger partial charge >= 0.3 is 0 Å². The summed E-state index contributed by atoms with van der Waals surface area (Å²) in [7, 11) is -3.67. The lowest BCUT2D eigenvalue weighted by atomic mass is 10.0. The number of carbonyl (C=O) groups excluding carboxylic acids is 1. The smallest absolute Gasteiger partial charge is 0.185 e. The van der Waals surface area contributed by atoms with Crippen LogP contribution >= 0.6 is 15.9 Å². The Morgan fingerprint density at radius 2 is 1.73 bits per heavy atom. The van der Waals surface area contributed by atoms with Crippen molar-refractivity contribution >= 4 is 31.6 Å². The van der Waals surface area contributed by atoms with Gasteiger partial charge in [-0.15, -0.1) is 0 Å². The highest BCUT2D eigenvalue weighted by Crippen LogP contribution is 2.28. The standard InChI is InChI=1S/C19H16BrNO4S/c1-13-18(19(25-21-13)14-7-9-15(20)10-8-14)11-16(22)12-26(23,24)17-5-3-2-4-6-17/h2-10H,11-12H2,1H3. The predicted octanol–water partition coefficient (Wildman–Crippen LogP) is 4.00. The Balaban J connectivity index is 1.82. The van der Waals surface area contributed by atoms with Gasteiger partial charge in [0, 0.05) is 22.0 Å². The monoisotopic (exact) mass is 433 g/mol. The van der Waals surface area contributed by atoms with Crippen molar-refractivity contribution in [3.63, 3.8) is 0 Å². The molecule has 0 fully saturated rings. The number of halogens is 1.